The van der Waals surface area contributed by atoms with Gasteiger partial charge >= 0.3 is 0 Å². The quantitative estimate of drug-likeness (QED) is 0.670. The smallest absolute Gasteiger partial charge is 0.264 e. The molecular weight excluding hydrogens is 202 g/mol. The van der Waals surface area contributed by atoms with Crippen molar-refractivity contribution in [2.24, 2.45) is 0 Å². The van der Waals surface area contributed by atoms with Gasteiger partial charge in [-0.05, 0) is 17.0 Å². The molecule has 86 valence electrons. The van der Waals surface area contributed by atoms with Crippen molar-refractivity contribution in [2.75, 3.05) is 18.6 Å². The van der Waals surface area contributed by atoms with Crippen LogP contribution in [-0.2, 0) is 10.2 Å². The lowest BCUT2D eigenvalue weighted by molar-refractivity contribution is -0.121. The third-order valence-corrected chi connectivity index (χ3v) is 2.87. The molecule has 0 N–H and O–H groups in total. The number of carbonyl (C=O) groups excluding carboxylic acids is 1. The topological polar surface area (TPSA) is 29.5 Å². The molecule has 0 bridgehead atoms. The van der Waals surface area contributed by atoms with Gasteiger partial charge in [0.15, 0.2) is 6.61 Å². The Kier molecular flexibility index (Phi) is 2.41. The fourth-order valence-electron chi connectivity index (χ4n) is 1.95. The SMILES string of the molecule is CN1C(=O)COc2cccc(C(C)(C)C)c21. The summed E-state index contributed by atoms with van der Waals surface area (Å²) in [4.78, 5) is 13.3. The third kappa shape index (κ3) is 1.66. The molecule has 0 radical (unpaired) electrons. The first-order valence-corrected chi connectivity index (χ1v) is 5.44. The molecule has 0 saturated carbocycles. The molecular formula is C13H17NO2. The summed E-state index contributed by atoms with van der Waals surface area (Å²) in [7, 11) is 1.80. The van der Waals surface area contributed by atoms with Crippen LogP contribution in [-0.4, -0.2) is 19.6 Å². The van der Waals surface area contributed by atoms with Crippen molar-refractivity contribution in [3.8, 4) is 5.75 Å². The summed E-state index contributed by atoms with van der Waals surface area (Å²) < 4.78 is 5.45. The predicted molar refractivity (Wildman–Crippen MR) is 64.0 cm³/mol. The van der Waals surface area contributed by atoms with E-state index in [1.165, 1.54) is 0 Å². The van der Waals surface area contributed by atoms with Gasteiger partial charge in [-0.2, -0.15) is 0 Å². The van der Waals surface area contributed by atoms with E-state index in [9.17, 15) is 4.79 Å². The Hall–Kier alpha value is -1.51. The highest BCUT2D eigenvalue weighted by Crippen LogP contribution is 2.40. The number of amides is 1. The predicted octanol–water partition coefficient (Wildman–Crippen LogP) is 2.34. The van der Waals surface area contributed by atoms with Gasteiger partial charge in [0.2, 0.25) is 0 Å². The molecule has 0 unspecified atom stereocenters. The van der Waals surface area contributed by atoms with Crippen molar-refractivity contribution in [1.82, 2.24) is 0 Å². The molecule has 0 aromatic heterocycles. The lowest BCUT2D eigenvalue weighted by Gasteiger charge is -2.32. The number of anilines is 1. The Bertz CT molecular complexity index is 432. The monoisotopic (exact) mass is 219 g/mol. The van der Waals surface area contributed by atoms with Crippen LogP contribution in [0.5, 0.6) is 5.75 Å². The van der Waals surface area contributed by atoms with Gasteiger partial charge < -0.3 is 9.64 Å². The molecule has 1 aromatic rings. The zero-order chi connectivity index (χ0) is 11.9. The van der Waals surface area contributed by atoms with Crippen LogP contribution in [0, 0.1) is 0 Å². The van der Waals surface area contributed by atoms with Crippen LogP contribution in [0.25, 0.3) is 0 Å². The first-order chi connectivity index (χ1) is 7.41. The first kappa shape index (κ1) is 11.0. The van der Waals surface area contributed by atoms with Crippen LogP contribution >= 0.6 is 0 Å². The third-order valence-electron chi connectivity index (χ3n) is 2.87. The van der Waals surface area contributed by atoms with Gasteiger partial charge in [-0.3, -0.25) is 4.79 Å². The van der Waals surface area contributed by atoms with Gasteiger partial charge in [-0.15, -0.1) is 0 Å². The minimum absolute atomic E-state index is 0.000579. The van der Waals surface area contributed by atoms with Crippen LogP contribution in [0.1, 0.15) is 26.3 Å². The summed E-state index contributed by atoms with van der Waals surface area (Å²) in [6.07, 6.45) is 0. The number of carbonyl (C=O) groups is 1. The van der Waals surface area contributed by atoms with E-state index in [2.05, 4.69) is 26.8 Å². The summed E-state index contributed by atoms with van der Waals surface area (Å²) in [5.41, 5.74) is 2.05. The van der Waals surface area contributed by atoms with E-state index in [4.69, 9.17) is 4.74 Å². The van der Waals surface area contributed by atoms with Gasteiger partial charge in [-0.25, -0.2) is 0 Å². The highest BCUT2D eigenvalue weighted by atomic mass is 16.5. The highest BCUT2D eigenvalue weighted by Gasteiger charge is 2.29. The molecule has 16 heavy (non-hydrogen) atoms. The minimum atomic E-state index is 0.000579. The maximum absolute atomic E-state index is 11.6. The lowest BCUT2D eigenvalue weighted by atomic mass is 9.85. The van der Waals surface area contributed by atoms with E-state index < -0.39 is 0 Å². The number of benzene rings is 1. The van der Waals surface area contributed by atoms with Crippen LogP contribution in [0.3, 0.4) is 0 Å². The number of hydrogen-bond acceptors (Lipinski definition) is 2. The van der Waals surface area contributed by atoms with Crippen LogP contribution in [0.4, 0.5) is 5.69 Å². The van der Waals surface area contributed by atoms with E-state index in [1.807, 2.05) is 12.1 Å². The number of ether oxygens (including phenoxy) is 1. The molecule has 0 aliphatic carbocycles. The Morgan fingerprint density at radius 2 is 2.00 bits per heavy atom. The number of para-hydroxylation sites is 1. The normalized spacial score (nSPS) is 15.8. The molecule has 3 nitrogen and oxygen atoms in total. The van der Waals surface area contributed by atoms with E-state index in [1.54, 1.807) is 11.9 Å². The molecule has 1 aliphatic heterocycles. The van der Waals surface area contributed by atoms with Gasteiger partial charge in [0.1, 0.15) is 5.75 Å². The average Bonchev–Trinajstić information content (AvgIpc) is 2.21. The molecule has 1 aromatic carbocycles. The molecule has 1 heterocycles. The molecule has 1 aliphatic rings. The Balaban J connectivity index is 2.62. The number of hydrogen-bond donors (Lipinski definition) is 0. The Morgan fingerprint density at radius 1 is 1.31 bits per heavy atom. The van der Waals surface area contributed by atoms with Crippen LogP contribution < -0.4 is 9.64 Å². The van der Waals surface area contributed by atoms with Crippen LogP contribution in [0.15, 0.2) is 18.2 Å². The molecule has 0 saturated heterocycles. The first-order valence-electron chi connectivity index (χ1n) is 5.44. The Labute approximate surface area is 96.0 Å². The molecule has 0 spiro atoms. The summed E-state index contributed by atoms with van der Waals surface area (Å²) in [5, 5.41) is 0. The second-order valence-electron chi connectivity index (χ2n) is 5.14. The average molecular weight is 219 g/mol. The standard InChI is InChI=1S/C13H17NO2/c1-13(2,3)9-6-5-7-10-12(9)14(4)11(15)8-16-10/h5-7H,8H2,1-4H3. The molecule has 3 heteroatoms. The van der Waals surface area contributed by atoms with Crippen molar-refractivity contribution in [1.29, 1.82) is 0 Å². The second kappa shape index (κ2) is 3.51. The summed E-state index contributed by atoms with van der Waals surface area (Å²) in [5.74, 6) is 0.804. The van der Waals surface area contributed by atoms with Gasteiger partial charge in [0, 0.05) is 7.05 Å². The fourth-order valence-corrected chi connectivity index (χ4v) is 1.95. The van der Waals surface area contributed by atoms with Gasteiger partial charge in [-0.1, -0.05) is 32.9 Å². The van der Waals surface area contributed by atoms with Crippen molar-refractivity contribution in [2.45, 2.75) is 26.2 Å². The zero-order valence-corrected chi connectivity index (χ0v) is 10.2. The van der Waals surface area contributed by atoms with Gasteiger partial charge in [0.05, 0.1) is 5.69 Å². The molecule has 0 atom stereocenters. The van der Waals surface area contributed by atoms with Crippen LogP contribution in [0.2, 0.25) is 0 Å². The molecule has 0 fully saturated rings. The molecule has 1 amide bonds. The van der Waals surface area contributed by atoms with E-state index in [0.717, 1.165) is 17.0 Å². The van der Waals surface area contributed by atoms with E-state index >= 15 is 0 Å². The van der Waals surface area contributed by atoms with Crippen molar-refractivity contribution in [3.63, 3.8) is 0 Å². The second-order valence-corrected chi connectivity index (χ2v) is 5.14. The number of nitrogens with zero attached hydrogens (tertiary/aromatic N) is 1. The number of likely N-dealkylation sites (N-methyl/N-ethyl adjacent to an activating group) is 1. The highest BCUT2D eigenvalue weighted by molar-refractivity contribution is 5.98. The van der Waals surface area contributed by atoms with Crippen molar-refractivity contribution < 1.29 is 9.53 Å². The number of fused-ring (bicyclic) bond motifs is 1. The summed E-state index contributed by atoms with van der Waals surface area (Å²) in [6, 6.07) is 5.94. The number of rotatable bonds is 0. The van der Waals surface area contributed by atoms with Crippen molar-refractivity contribution >= 4 is 11.6 Å². The van der Waals surface area contributed by atoms with Crippen molar-refractivity contribution in [3.05, 3.63) is 23.8 Å². The molecule has 2 rings (SSSR count). The Morgan fingerprint density at radius 3 is 2.62 bits per heavy atom. The van der Waals surface area contributed by atoms with E-state index in [-0.39, 0.29) is 17.9 Å². The fraction of sp³-hybridized carbons (Fsp3) is 0.462. The summed E-state index contributed by atoms with van der Waals surface area (Å²) >= 11 is 0. The maximum atomic E-state index is 11.6. The minimum Gasteiger partial charge on any atom is -0.482 e. The van der Waals surface area contributed by atoms with Gasteiger partial charge in [0.25, 0.3) is 5.91 Å². The maximum Gasteiger partial charge on any atom is 0.264 e. The van der Waals surface area contributed by atoms with E-state index in [0.29, 0.717) is 0 Å². The lowest BCUT2D eigenvalue weighted by Crippen LogP contribution is -2.37. The largest absolute Gasteiger partial charge is 0.482 e. The zero-order valence-electron chi connectivity index (χ0n) is 10.2. The summed E-state index contributed by atoms with van der Waals surface area (Å²) in [6.45, 7) is 6.54.